The topological polar surface area (TPSA) is 57.0 Å². The highest BCUT2D eigenvalue weighted by molar-refractivity contribution is 9.10. The molecule has 0 bridgehead atoms. The second kappa shape index (κ2) is 5.17. The molecule has 0 fully saturated rings. The van der Waals surface area contributed by atoms with Crippen molar-refractivity contribution in [3.8, 4) is 11.5 Å². The highest BCUT2D eigenvalue weighted by Gasteiger charge is 2.12. The maximum absolute atomic E-state index is 6.01. The van der Waals surface area contributed by atoms with Crippen LogP contribution >= 0.6 is 15.9 Å². The fraction of sp³-hybridized carbons (Fsp3) is 0.133. The van der Waals surface area contributed by atoms with E-state index >= 15 is 0 Å². The summed E-state index contributed by atoms with van der Waals surface area (Å²) in [6.45, 7) is 2.58. The van der Waals surface area contributed by atoms with Crippen molar-refractivity contribution in [2.45, 2.75) is 13.5 Å². The van der Waals surface area contributed by atoms with Crippen LogP contribution in [0.1, 0.15) is 11.3 Å². The lowest BCUT2D eigenvalue weighted by Gasteiger charge is -2.01. The number of hydrogen-bond donors (Lipinski definition) is 1. The van der Waals surface area contributed by atoms with Crippen molar-refractivity contribution < 1.29 is 4.42 Å². The lowest BCUT2D eigenvalue weighted by atomic mass is 10.2. The molecule has 3 aromatic rings. The van der Waals surface area contributed by atoms with E-state index in [9.17, 15) is 0 Å². The minimum absolute atomic E-state index is 0.622. The van der Waals surface area contributed by atoms with Gasteiger partial charge in [-0.05, 0) is 36.8 Å². The molecule has 102 valence electrons. The van der Waals surface area contributed by atoms with Crippen molar-refractivity contribution >= 4 is 21.6 Å². The number of hydrogen-bond acceptors (Lipinski definition) is 3. The van der Waals surface area contributed by atoms with E-state index in [4.69, 9.17) is 10.2 Å². The molecule has 0 aliphatic heterocycles. The third kappa shape index (κ3) is 2.63. The van der Waals surface area contributed by atoms with Crippen LogP contribution in [-0.4, -0.2) is 9.78 Å². The van der Waals surface area contributed by atoms with E-state index in [0.717, 1.165) is 15.8 Å². The molecule has 2 aromatic heterocycles. The summed E-state index contributed by atoms with van der Waals surface area (Å²) in [4.78, 5) is 0. The van der Waals surface area contributed by atoms with E-state index in [1.54, 1.807) is 0 Å². The first-order chi connectivity index (χ1) is 9.61. The van der Waals surface area contributed by atoms with Gasteiger partial charge in [-0.15, -0.1) is 0 Å². The lowest BCUT2D eigenvalue weighted by Crippen LogP contribution is -2.00. The summed E-state index contributed by atoms with van der Waals surface area (Å²) in [6.07, 6.45) is 1.83. The molecule has 2 heterocycles. The van der Waals surface area contributed by atoms with E-state index in [0.29, 0.717) is 23.7 Å². The molecular weight excluding hydrogens is 318 g/mol. The fourth-order valence-corrected chi connectivity index (χ4v) is 2.31. The molecule has 0 radical (unpaired) electrons. The summed E-state index contributed by atoms with van der Waals surface area (Å²) in [5, 5.41) is 4.50. The molecule has 1 aromatic carbocycles. The number of nitrogen functional groups attached to an aromatic ring is 1. The Hall–Kier alpha value is -2.01. The number of rotatable bonds is 3. The Morgan fingerprint density at radius 1 is 1.20 bits per heavy atom. The van der Waals surface area contributed by atoms with Crippen molar-refractivity contribution in [2.75, 3.05) is 5.73 Å². The van der Waals surface area contributed by atoms with Gasteiger partial charge in [0.25, 0.3) is 0 Å². The number of furan rings is 1. The number of benzene rings is 1. The Labute approximate surface area is 125 Å². The molecule has 0 saturated heterocycles. The van der Waals surface area contributed by atoms with Gasteiger partial charge in [0, 0.05) is 10.7 Å². The molecule has 0 saturated carbocycles. The Balaban J connectivity index is 1.87. The van der Waals surface area contributed by atoms with Crippen LogP contribution in [0.5, 0.6) is 0 Å². The first kappa shape index (κ1) is 13.0. The van der Waals surface area contributed by atoms with Crippen molar-refractivity contribution in [1.82, 2.24) is 9.78 Å². The molecule has 2 N–H and O–H groups in total. The molecule has 0 atom stereocenters. The molecule has 5 heteroatoms. The minimum Gasteiger partial charge on any atom is -0.460 e. The zero-order chi connectivity index (χ0) is 14.1. The Morgan fingerprint density at radius 2 is 1.95 bits per heavy atom. The van der Waals surface area contributed by atoms with Crippen LogP contribution in [0, 0.1) is 6.92 Å². The third-order valence-corrected chi connectivity index (χ3v) is 3.55. The molecule has 3 rings (SSSR count). The molecular formula is C15H14BrN3O. The van der Waals surface area contributed by atoms with Crippen LogP contribution in [0.15, 0.2) is 51.5 Å². The molecule has 20 heavy (non-hydrogen) atoms. The first-order valence-corrected chi connectivity index (χ1v) is 7.05. The average Bonchev–Trinajstić information content (AvgIpc) is 2.98. The van der Waals surface area contributed by atoms with Crippen molar-refractivity contribution in [3.05, 3.63) is 58.4 Å². The molecule has 0 spiro atoms. The number of nitrogens with two attached hydrogens (primary N) is 1. The summed E-state index contributed by atoms with van der Waals surface area (Å²) in [5.74, 6) is 1.55. The van der Waals surface area contributed by atoms with Crippen LogP contribution in [0.25, 0.3) is 11.5 Å². The molecule has 4 nitrogen and oxygen atoms in total. The zero-order valence-electron chi connectivity index (χ0n) is 11.0. The third-order valence-electron chi connectivity index (χ3n) is 3.02. The van der Waals surface area contributed by atoms with Crippen LogP contribution in [-0.2, 0) is 6.54 Å². The summed E-state index contributed by atoms with van der Waals surface area (Å²) >= 11 is 3.42. The summed E-state index contributed by atoms with van der Waals surface area (Å²) in [7, 11) is 0. The summed E-state index contributed by atoms with van der Waals surface area (Å²) in [6, 6.07) is 11.9. The largest absolute Gasteiger partial charge is 0.460 e. The monoisotopic (exact) mass is 331 g/mol. The van der Waals surface area contributed by atoms with E-state index in [1.807, 2.05) is 42.1 Å². The van der Waals surface area contributed by atoms with Gasteiger partial charge in [-0.25, -0.2) is 0 Å². The van der Waals surface area contributed by atoms with Crippen molar-refractivity contribution in [3.63, 3.8) is 0 Å². The van der Waals surface area contributed by atoms with E-state index in [1.165, 1.54) is 0 Å². The standard InChI is InChI=1S/C15H14BrN3O/c1-10-2-7-14(20-10)15-13(17)9-19(18-15)8-11-3-5-12(16)6-4-11/h2-7,9H,8,17H2,1H3. The van der Waals surface area contributed by atoms with Crippen LogP contribution in [0.2, 0.25) is 0 Å². The molecule has 0 aliphatic rings. The van der Waals surface area contributed by atoms with Gasteiger partial charge in [0.1, 0.15) is 5.76 Å². The molecule has 0 amide bonds. The average molecular weight is 332 g/mol. The maximum atomic E-state index is 6.01. The quantitative estimate of drug-likeness (QED) is 0.793. The van der Waals surface area contributed by atoms with Crippen LogP contribution < -0.4 is 5.73 Å². The number of halogens is 1. The normalized spacial score (nSPS) is 10.9. The summed E-state index contributed by atoms with van der Waals surface area (Å²) in [5.41, 5.74) is 8.49. The zero-order valence-corrected chi connectivity index (χ0v) is 12.6. The van der Waals surface area contributed by atoms with Crippen molar-refractivity contribution in [1.29, 1.82) is 0 Å². The predicted molar refractivity (Wildman–Crippen MR) is 82.3 cm³/mol. The van der Waals surface area contributed by atoms with Gasteiger partial charge in [-0.1, -0.05) is 28.1 Å². The van der Waals surface area contributed by atoms with E-state index in [-0.39, 0.29) is 0 Å². The van der Waals surface area contributed by atoms with Gasteiger partial charge in [0.2, 0.25) is 0 Å². The smallest absolute Gasteiger partial charge is 0.156 e. The first-order valence-electron chi connectivity index (χ1n) is 6.26. The Bertz CT molecular complexity index is 728. The second-order valence-corrected chi connectivity index (χ2v) is 5.58. The predicted octanol–water partition coefficient (Wildman–Crippen LogP) is 3.84. The van der Waals surface area contributed by atoms with Crippen LogP contribution in [0.3, 0.4) is 0 Å². The van der Waals surface area contributed by atoms with Crippen LogP contribution in [0.4, 0.5) is 5.69 Å². The van der Waals surface area contributed by atoms with E-state index < -0.39 is 0 Å². The van der Waals surface area contributed by atoms with E-state index in [2.05, 4.69) is 33.2 Å². The molecule has 0 unspecified atom stereocenters. The van der Waals surface area contributed by atoms with Gasteiger partial charge >= 0.3 is 0 Å². The number of anilines is 1. The highest BCUT2D eigenvalue weighted by Crippen LogP contribution is 2.26. The second-order valence-electron chi connectivity index (χ2n) is 4.67. The highest BCUT2D eigenvalue weighted by atomic mass is 79.9. The Morgan fingerprint density at radius 3 is 2.60 bits per heavy atom. The minimum atomic E-state index is 0.622. The summed E-state index contributed by atoms with van der Waals surface area (Å²) < 4.78 is 8.46. The van der Waals surface area contributed by atoms with Gasteiger partial charge < -0.3 is 10.2 Å². The lowest BCUT2D eigenvalue weighted by molar-refractivity contribution is 0.544. The SMILES string of the molecule is Cc1ccc(-c2nn(Cc3ccc(Br)cc3)cc2N)o1. The number of nitrogens with zero attached hydrogens (tertiary/aromatic N) is 2. The number of aryl methyl sites for hydroxylation is 1. The van der Waals surface area contributed by atoms with Gasteiger partial charge in [-0.3, -0.25) is 4.68 Å². The van der Waals surface area contributed by atoms with Gasteiger partial charge in [0.05, 0.1) is 12.2 Å². The van der Waals surface area contributed by atoms with Gasteiger partial charge in [-0.2, -0.15) is 5.10 Å². The maximum Gasteiger partial charge on any atom is 0.156 e. The Kier molecular flexibility index (Phi) is 3.36. The molecule has 0 aliphatic carbocycles. The van der Waals surface area contributed by atoms with Crippen molar-refractivity contribution in [2.24, 2.45) is 0 Å². The number of aromatic nitrogens is 2. The van der Waals surface area contributed by atoms with Gasteiger partial charge in [0.15, 0.2) is 11.5 Å². The fourth-order valence-electron chi connectivity index (χ4n) is 2.05.